The SMILES string of the molecule is CCNc1ncc(C)c(NCCCCCCO)n1. The van der Waals surface area contributed by atoms with Crippen LogP contribution in [0.3, 0.4) is 0 Å². The van der Waals surface area contributed by atoms with Gasteiger partial charge >= 0.3 is 0 Å². The number of nitrogens with one attached hydrogen (secondary N) is 2. The minimum absolute atomic E-state index is 0.296. The van der Waals surface area contributed by atoms with E-state index in [0.29, 0.717) is 12.6 Å². The number of anilines is 2. The second-order valence-corrected chi connectivity index (χ2v) is 4.32. The molecule has 0 saturated carbocycles. The molecule has 1 aromatic heterocycles. The van der Waals surface area contributed by atoms with Crippen molar-refractivity contribution in [2.75, 3.05) is 30.3 Å². The molecule has 3 N–H and O–H groups in total. The zero-order valence-corrected chi connectivity index (χ0v) is 11.4. The first-order chi connectivity index (χ1) is 8.77. The van der Waals surface area contributed by atoms with Crippen LogP contribution in [0.25, 0.3) is 0 Å². The van der Waals surface area contributed by atoms with Crippen molar-refractivity contribution in [3.63, 3.8) is 0 Å². The number of hydrogen-bond acceptors (Lipinski definition) is 5. The summed E-state index contributed by atoms with van der Waals surface area (Å²) in [5.41, 5.74) is 1.06. The maximum Gasteiger partial charge on any atom is 0.224 e. The lowest BCUT2D eigenvalue weighted by molar-refractivity contribution is 0.283. The Morgan fingerprint density at radius 2 is 1.94 bits per heavy atom. The van der Waals surface area contributed by atoms with Gasteiger partial charge in [-0.05, 0) is 26.7 Å². The molecule has 1 heterocycles. The van der Waals surface area contributed by atoms with Gasteiger partial charge in [-0.15, -0.1) is 0 Å². The average molecular weight is 252 g/mol. The Morgan fingerprint density at radius 1 is 1.17 bits per heavy atom. The molecule has 1 aromatic rings. The van der Waals surface area contributed by atoms with Crippen LogP contribution in [-0.4, -0.2) is 34.8 Å². The van der Waals surface area contributed by atoms with Crippen LogP contribution >= 0.6 is 0 Å². The van der Waals surface area contributed by atoms with Crippen LogP contribution < -0.4 is 10.6 Å². The van der Waals surface area contributed by atoms with Gasteiger partial charge in [-0.1, -0.05) is 12.8 Å². The van der Waals surface area contributed by atoms with Gasteiger partial charge in [0.05, 0.1) is 0 Å². The highest BCUT2D eigenvalue weighted by Gasteiger charge is 2.02. The van der Waals surface area contributed by atoms with E-state index in [9.17, 15) is 0 Å². The Morgan fingerprint density at radius 3 is 2.67 bits per heavy atom. The van der Waals surface area contributed by atoms with Crippen molar-refractivity contribution in [1.82, 2.24) is 9.97 Å². The quantitative estimate of drug-likeness (QED) is 0.588. The number of aliphatic hydroxyl groups is 1. The Balaban J connectivity index is 2.34. The minimum Gasteiger partial charge on any atom is -0.396 e. The van der Waals surface area contributed by atoms with Crippen molar-refractivity contribution >= 4 is 11.8 Å². The first kappa shape index (κ1) is 14.7. The number of aliphatic hydroxyl groups excluding tert-OH is 1. The largest absolute Gasteiger partial charge is 0.396 e. The molecule has 0 atom stereocenters. The number of nitrogens with zero attached hydrogens (tertiary/aromatic N) is 2. The molecule has 0 radical (unpaired) electrons. The number of rotatable bonds is 9. The zero-order valence-electron chi connectivity index (χ0n) is 11.4. The van der Waals surface area contributed by atoms with Crippen LogP contribution in [-0.2, 0) is 0 Å². The van der Waals surface area contributed by atoms with Crippen LogP contribution in [0.15, 0.2) is 6.20 Å². The summed E-state index contributed by atoms with van der Waals surface area (Å²) in [5, 5.41) is 15.1. The van der Waals surface area contributed by atoms with E-state index in [1.807, 2.05) is 20.0 Å². The third kappa shape index (κ3) is 5.31. The van der Waals surface area contributed by atoms with Gasteiger partial charge in [0, 0.05) is 31.5 Å². The Kier molecular flexibility index (Phi) is 7.10. The van der Waals surface area contributed by atoms with Crippen LogP contribution in [0, 0.1) is 6.92 Å². The molecule has 0 saturated heterocycles. The van der Waals surface area contributed by atoms with Crippen molar-refractivity contribution < 1.29 is 5.11 Å². The molecule has 0 unspecified atom stereocenters. The van der Waals surface area contributed by atoms with E-state index in [2.05, 4.69) is 20.6 Å². The molecule has 0 amide bonds. The highest BCUT2D eigenvalue weighted by atomic mass is 16.2. The Bertz CT molecular complexity index is 344. The van der Waals surface area contributed by atoms with E-state index in [-0.39, 0.29) is 0 Å². The molecule has 18 heavy (non-hydrogen) atoms. The zero-order chi connectivity index (χ0) is 13.2. The highest BCUT2D eigenvalue weighted by molar-refractivity contribution is 5.46. The maximum atomic E-state index is 8.68. The van der Waals surface area contributed by atoms with E-state index < -0.39 is 0 Å². The van der Waals surface area contributed by atoms with Gasteiger partial charge < -0.3 is 15.7 Å². The van der Waals surface area contributed by atoms with Crippen LogP contribution in [0.2, 0.25) is 0 Å². The van der Waals surface area contributed by atoms with Gasteiger partial charge in [0.25, 0.3) is 0 Å². The van der Waals surface area contributed by atoms with E-state index in [0.717, 1.165) is 50.2 Å². The number of unbranched alkanes of at least 4 members (excludes halogenated alkanes) is 3. The number of hydrogen-bond donors (Lipinski definition) is 3. The van der Waals surface area contributed by atoms with E-state index in [1.54, 1.807) is 0 Å². The van der Waals surface area contributed by atoms with Crippen LogP contribution in [0.5, 0.6) is 0 Å². The second kappa shape index (κ2) is 8.69. The summed E-state index contributed by atoms with van der Waals surface area (Å²) < 4.78 is 0. The van der Waals surface area contributed by atoms with Gasteiger partial charge in [0.1, 0.15) is 5.82 Å². The second-order valence-electron chi connectivity index (χ2n) is 4.32. The maximum absolute atomic E-state index is 8.68. The lowest BCUT2D eigenvalue weighted by atomic mass is 10.2. The summed E-state index contributed by atoms with van der Waals surface area (Å²) >= 11 is 0. The third-order valence-electron chi connectivity index (χ3n) is 2.68. The van der Waals surface area contributed by atoms with Crippen molar-refractivity contribution in [1.29, 1.82) is 0 Å². The number of aromatic nitrogens is 2. The van der Waals surface area contributed by atoms with E-state index in [1.165, 1.54) is 0 Å². The summed E-state index contributed by atoms with van der Waals surface area (Å²) in [5.74, 6) is 1.58. The molecule has 0 aliphatic heterocycles. The normalized spacial score (nSPS) is 10.4. The molecule has 1 rings (SSSR count). The predicted molar refractivity (Wildman–Crippen MR) is 75.0 cm³/mol. The highest BCUT2D eigenvalue weighted by Crippen LogP contribution is 2.12. The topological polar surface area (TPSA) is 70.1 Å². The molecule has 5 nitrogen and oxygen atoms in total. The van der Waals surface area contributed by atoms with Crippen molar-refractivity contribution in [3.05, 3.63) is 11.8 Å². The first-order valence-electron chi connectivity index (χ1n) is 6.70. The van der Waals surface area contributed by atoms with E-state index >= 15 is 0 Å². The number of aryl methyl sites for hydroxylation is 1. The summed E-state index contributed by atoms with van der Waals surface area (Å²) in [4.78, 5) is 8.63. The van der Waals surface area contributed by atoms with E-state index in [4.69, 9.17) is 5.11 Å². The third-order valence-corrected chi connectivity index (χ3v) is 2.68. The Labute approximate surface area is 109 Å². The first-order valence-corrected chi connectivity index (χ1v) is 6.70. The van der Waals surface area contributed by atoms with Gasteiger partial charge in [-0.2, -0.15) is 4.98 Å². The molecule has 0 aromatic carbocycles. The summed E-state index contributed by atoms with van der Waals surface area (Å²) in [7, 11) is 0. The fraction of sp³-hybridized carbons (Fsp3) is 0.692. The molecule has 0 spiro atoms. The van der Waals surface area contributed by atoms with Gasteiger partial charge in [-0.3, -0.25) is 0 Å². The van der Waals surface area contributed by atoms with Crippen molar-refractivity contribution in [2.24, 2.45) is 0 Å². The lowest BCUT2D eigenvalue weighted by Crippen LogP contribution is -2.09. The molecular formula is C13H24N4O. The fourth-order valence-electron chi connectivity index (χ4n) is 1.66. The summed E-state index contributed by atoms with van der Waals surface area (Å²) in [6.07, 6.45) is 6.05. The molecule has 102 valence electrons. The standard InChI is InChI=1S/C13H24N4O/c1-3-14-13-16-10-11(2)12(17-13)15-8-6-4-5-7-9-18/h10,18H,3-9H2,1-2H3,(H2,14,15,16,17). The Hall–Kier alpha value is -1.36. The van der Waals surface area contributed by atoms with Crippen molar-refractivity contribution in [2.45, 2.75) is 39.5 Å². The van der Waals surface area contributed by atoms with Crippen molar-refractivity contribution in [3.8, 4) is 0 Å². The predicted octanol–water partition coefficient (Wildman–Crippen LogP) is 2.18. The lowest BCUT2D eigenvalue weighted by Gasteiger charge is -2.10. The van der Waals surface area contributed by atoms with Crippen LogP contribution in [0.4, 0.5) is 11.8 Å². The van der Waals surface area contributed by atoms with Gasteiger partial charge in [-0.25, -0.2) is 4.98 Å². The molecule has 0 bridgehead atoms. The molecular weight excluding hydrogens is 228 g/mol. The molecule has 0 aliphatic rings. The molecule has 5 heteroatoms. The van der Waals surface area contributed by atoms with Crippen LogP contribution in [0.1, 0.15) is 38.2 Å². The molecule has 0 aliphatic carbocycles. The summed E-state index contributed by atoms with van der Waals surface area (Å²) in [6, 6.07) is 0. The fourth-order valence-corrected chi connectivity index (χ4v) is 1.66. The average Bonchev–Trinajstić information content (AvgIpc) is 2.37. The molecule has 0 fully saturated rings. The smallest absolute Gasteiger partial charge is 0.224 e. The monoisotopic (exact) mass is 252 g/mol. The van der Waals surface area contributed by atoms with Gasteiger partial charge in [0.2, 0.25) is 5.95 Å². The van der Waals surface area contributed by atoms with Gasteiger partial charge in [0.15, 0.2) is 0 Å². The summed E-state index contributed by atoms with van der Waals surface area (Å²) in [6.45, 7) is 6.06. The minimum atomic E-state index is 0.296.